The van der Waals surface area contributed by atoms with Crippen LogP contribution in [0.2, 0.25) is 0 Å². The van der Waals surface area contributed by atoms with Gasteiger partial charge in [0.25, 0.3) is 0 Å². The summed E-state index contributed by atoms with van der Waals surface area (Å²) in [6, 6.07) is 1.10. The highest BCUT2D eigenvalue weighted by Crippen LogP contribution is 2.38. The molecule has 2 aliphatic rings. The van der Waals surface area contributed by atoms with Crippen molar-refractivity contribution in [3.63, 3.8) is 0 Å². The SMILES string of the molecule is CC[N+]12CCCC[C@@H]1C2. The molecule has 0 aromatic carbocycles. The van der Waals surface area contributed by atoms with Crippen molar-refractivity contribution < 1.29 is 4.48 Å². The molecule has 2 aliphatic heterocycles. The molecule has 1 nitrogen and oxygen atoms in total. The number of fused-ring (bicyclic) bond motifs is 1. The molecule has 0 bridgehead atoms. The monoisotopic (exact) mass is 126 g/mol. The Kier molecular flexibility index (Phi) is 1.10. The summed E-state index contributed by atoms with van der Waals surface area (Å²) in [6.45, 7) is 6.73. The van der Waals surface area contributed by atoms with Gasteiger partial charge in [-0.15, -0.1) is 0 Å². The smallest absolute Gasteiger partial charge is 0.139 e. The lowest BCUT2D eigenvalue weighted by Gasteiger charge is -2.22. The van der Waals surface area contributed by atoms with Crippen molar-refractivity contribution in [2.24, 2.45) is 0 Å². The lowest BCUT2D eigenvalue weighted by molar-refractivity contribution is -0.816. The molecule has 0 aromatic rings. The van der Waals surface area contributed by atoms with Crippen LogP contribution in [0.4, 0.5) is 0 Å². The van der Waals surface area contributed by atoms with Crippen LogP contribution in [0.3, 0.4) is 0 Å². The maximum Gasteiger partial charge on any atom is 0.139 e. The number of hydrogen-bond donors (Lipinski definition) is 0. The summed E-state index contributed by atoms with van der Waals surface area (Å²) in [5.74, 6) is 0. The fourth-order valence-corrected chi connectivity index (χ4v) is 2.36. The Morgan fingerprint density at radius 1 is 1.44 bits per heavy atom. The Labute approximate surface area is 57.3 Å². The molecule has 0 saturated carbocycles. The van der Waals surface area contributed by atoms with E-state index in [0.717, 1.165) is 6.04 Å². The Morgan fingerprint density at radius 3 is 2.89 bits per heavy atom. The van der Waals surface area contributed by atoms with Gasteiger partial charge in [-0.3, -0.25) is 0 Å². The number of quaternary nitrogens is 1. The van der Waals surface area contributed by atoms with Gasteiger partial charge in [0.15, 0.2) is 0 Å². The van der Waals surface area contributed by atoms with Crippen LogP contribution in [0, 0.1) is 0 Å². The van der Waals surface area contributed by atoms with E-state index in [1.807, 2.05) is 0 Å². The molecule has 2 saturated heterocycles. The van der Waals surface area contributed by atoms with E-state index in [1.165, 1.54) is 43.4 Å². The predicted octanol–water partition coefficient (Wildman–Crippen LogP) is 1.39. The summed E-state index contributed by atoms with van der Waals surface area (Å²) >= 11 is 0. The van der Waals surface area contributed by atoms with Crippen LogP contribution in [0.1, 0.15) is 26.2 Å². The Morgan fingerprint density at radius 2 is 2.33 bits per heavy atom. The van der Waals surface area contributed by atoms with E-state index in [9.17, 15) is 0 Å². The molecule has 2 fully saturated rings. The van der Waals surface area contributed by atoms with Gasteiger partial charge in [0.1, 0.15) is 12.6 Å². The highest BCUT2D eigenvalue weighted by Gasteiger charge is 2.54. The van der Waals surface area contributed by atoms with E-state index < -0.39 is 0 Å². The van der Waals surface area contributed by atoms with E-state index in [2.05, 4.69) is 6.92 Å². The van der Waals surface area contributed by atoms with Crippen LogP contribution in [0.5, 0.6) is 0 Å². The Hall–Kier alpha value is -0.0400. The first-order chi connectivity index (χ1) is 4.37. The molecule has 0 amide bonds. The summed E-state index contributed by atoms with van der Waals surface area (Å²) in [6.07, 6.45) is 4.52. The molecule has 0 radical (unpaired) electrons. The van der Waals surface area contributed by atoms with E-state index in [4.69, 9.17) is 0 Å². The van der Waals surface area contributed by atoms with Gasteiger partial charge in [0, 0.05) is 6.42 Å². The van der Waals surface area contributed by atoms with Crippen molar-refractivity contribution in [1.29, 1.82) is 0 Å². The van der Waals surface area contributed by atoms with Crippen LogP contribution in [-0.2, 0) is 0 Å². The first kappa shape index (κ1) is 5.72. The summed E-state index contributed by atoms with van der Waals surface area (Å²) in [5, 5.41) is 0. The van der Waals surface area contributed by atoms with Gasteiger partial charge in [-0.2, -0.15) is 0 Å². The van der Waals surface area contributed by atoms with Crippen LogP contribution < -0.4 is 0 Å². The van der Waals surface area contributed by atoms with Crippen LogP contribution in [0.15, 0.2) is 0 Å². The van der Waals surface area contributed by atoms with E-state index in [0.29, 0.717) is 0 Å². The summed E-state index contributed by atoms with van der Waals surface area (Å²) in [4.78, 5) is 0. The summed E-state index contributed by atoms with van der Waals surface area (Å²) < 4.78 is 1.49. The molecule has 1 heteroatoms. The molecule has 2 heterocycles. The van der Waals surface area contributed by atoms with Gasteiger partial charge < -0.3 is 4.48 Å². The zero-order valence-electron chi connectivity index (χ0n) is 6.27. The second-order valence-corrected chi connectivity index (χ2v) is 3.59. The standard InChI is InChI=1S/C8H16N/c1-2-9-6-4-3-5-8(9)7-9/h8H,2-7H2,1H3/q+1/t8-,9?/m1/s1. The van der Waals surface area contributed by atoms with Gasteiger partial charge in [0.2, 0.25) is 0 Å². The first-order valence-electron chi connectivity index (χ1n) is 4.23. The van der Waals surface area contributed by atoms with Gasteiger partial charge in [-0.05, 0) is 19.8 Å². The van der Waals surface area contributed by atoms with Crippen LogP contribution in [0.25, 0.3) is 0 Å². The van der Waals surface area contributed by atoms with Crippen LogP contribution >= 0.6 is 0 Å². The van der Waals surface area contributed by atoms with Crippen molar-refractivity contribution >= 4 is 0 Å². The minimum Gasteiger partial charge on any atom is -0.312 e. The van der Waals surface area contributed by atoms with Crippen molar-refractivity contribution in [2.75, 3.05) is 19.6 Å². The van der Waals surface area contributed by atoms with Crippen molar-refractivity contribution in [1.82, 2.24) is 0 Å². The quantitative estimate of drug-likeness (QED) is 0.368. The molecule has 1 unspecified atom stereocenters. The normalized spacial score (nSPS) is 48.3. The lowest BCUT2D eigenvalue weighted by Crippen LogP contribution is -2.32. The molecule has 52 valence electrons. The molecule has 9 heavy (non-hydrogen) atoms. The van der Waals surface area contributed by atoms with Gasteiger partial charge >= 0.3 is 0 Å². The minimum absolute atomic E-state index is 1.10. The Balaban J connectivity index is 2.01. The largest absolute Gasteiger partial charge is 0.312 e. The van der Waals surface area contributed by atoms with Gasteiger partial charge in [-0.1, -0.05) is 0 Å². The molecule has 0 N–H and O–H groups in total. The molecular formula is C8H16N+. The molecule has 0 spiro atoms. The second-order valence-electron chi connectivity index (χ2n) is 3.59. The first-order valence-corrected chi connectivity index (χ1v) is 4.23. The molecule has 2 atom stereocenters. The molecule has 0 aromatic heterocycles. The van der Waals surface area contributed by atoms with Crippen molar-refractivity contribution in [2.45, 2.75) is 32.2 Å². The zero-order valence-corrected chi connectivity index (χ0v) is 6.27. The second kappa shape index (κ2) is 1.72. The third-order valence-electron chi connectivity index (χ3n) is 3.24. The number of likely N-dealkylation sites (N-methyl/N-ethyl adjacent to an activating group) is 1. The van der Waals surface area contributed by atoms with Crippen LogP contribution in [-0.4, -0.2) is 30.2 Å². The fourth-order valence-electron chi connectivity index (χ4n) is 2.36. The van der Waals surface area contributed by atoms with Gasteiger partial charge in [0.05, 0.1) is 13.1 Å². The third kappa shape index (κ3) is 0.710. The zero-order chi connectivity index (χ0) is 6.32. The molecule has 2 rings (SSSR count). The third-order valence-corrected chi connectivity index (χ3v) is 3.24. The topological polar surface area (TPSA) is 0 Å². The maximum absolute atomic E-state index is 2.34. The van der Waals surface area contributed by atoms with E-state index in [1.54, 1.807) is 0 Å². The molecule has 0 aliphatic carbocycles. The minimum atomic E-state index is 1.10. The van der Waals surface area contributed by atoms with Gasteiger partial charge in [-0.25, -0.2) is 0 Å². The number of rotatable bonds is 1. The highest BCUT2D eigenvalue weighted by molar-refractivity contribution is 4.77. The number of nitrogens with zero attached hydrogens (tertiary/aromatic N) is 1. The van der Waals surface area contributed by atoms with Crippen molar-refractivity contribution in [3.8, 4) is 0 Å². The lowest BCUT2D eigenvalue weighted by atomic mass is 10.1. The average Bonchev–Trinajstić information content (AvgIpc) is 2.62. The fraction of sp³-hybridized carbons (Fsp3) is 1.00. The van der Waals surface area contributed by atoms with Crippen molar-refractivity contribution in [3.05, 3.63) is 0 Å². The summed E-state index contributed by atoms with van der Waals surface area (Å²) in [7, 11) is 0. The molecular weight excluding hydrogens is 110 g/mol. The average molecular weight is 126 g/mol. The predicted molar refractivity (Wildman–Crippen MR) is 38.2 cm³/mol. The maximum atomic E-state index is 2.34. The van der Waals surface area contributed by atoms with E-state index >= 15 is 0 Å². The number of piperidine rings is 1. The summed E-state index contributed by atoms with van der Waals surface area (Å²) in [5.41, 5.74) is 0. The number of hydrogen-bond acceptors (Lipinski definition) is 0. The van der Waals surface area contributed by atoms with E-state index in [-0.39, 0.29) is 0 Å². The Bertz CT molecular complexity index is 122. The highest BCUT2D eigenvalue weighted by atomic mass is 15.5.